The number of anilines is 1. The lowest BCUT2D eigenvalue weighted by Crippen LogP contribution is -2.41. The predicted molar refractivity (Wildman–Crippen MR) is 103 cm³/mol. The Balaban J connectivity index is 2.15. The Morgan fingerprint density at radius 3 is 2.69 bits per heavy atom. The highest BCUT2D eigenvalue weighted by molar-refractivity contribution is 5.83. The first-order valence-electron chi connectivity index (χ1n) is 9.18. The first-order chi connectivity index (χ1) is 13.9. The molecule has 2 heterocycles. The molecule has 12 heteroatoms. The summed E-state index contributed by atoms with van der Waals surface area (Å²) in [6.45, 7) is 2.80. The number of nitrogens with zero attached hydrogens (tertiary/aromatic N) is 3. The molecule has 12 nitrogen and oxygen atoms in total. The van der Waals surface area contributed by atoms with Gasteiger partial charge in [-0.2, -0.15) is 9.97 Å². The maximum absolute atomic E-state index is 12.3. The Kier molecular flexibility index (Phi) is 7.95. The molecule has 0 saturated carbocycles. The lowest BCUT2D eigenvalue weighted by molar-refractivity contribution is -0.149. The van der Waals surface area contributed by atoms with Crippen molar-refractivity contribution in [1.82, 2.24) is 24.8 Å². The summed E-state index contributed by atoms with van der Waals surface area (Å²) in [4.78, 5) is 46.5. The molecule has 0 amide bonds. The van der Waals surface area contributed by atoms with Crippen LogP contribution in [0.2, 0.25) is 0 Å². The van der Waals surface area contributed by atoms with Crippen LogP contribution in [0.1, 0.15) is 26.2 Å². The second-order valence-electron chi connectivity index (χ2n) is 6.18. The number of aromatic amines is 1. The number of methoxy groups -OCH3 is 2. The normalized spacial score (nSPS) is 12.0. The molecule has 4 N–H and O–H groups in total. The molecule has 2 aromatic heterocycles. The second kappa shape index (κ2) is 10.4. The lowest BCUT2D eigenvalue weighted by Gasteiger charge is -2.15. The Morgan fingerprint density at radius 2 is 2.03 bits per heavy atom. The minimum absolute atomic E-state index is 0.0855. The number of rotatable bonds is 11. The molecular formula is C17H26N6O6. The number of esters is 2. The van der Waals surface area contributed by atoms with E-state index < -0.39 is 23.7 Å². The molecule has 0 aliphatic carbocycles. The smallest absolute Gasteiger partial charge is 0.327 e. The first kappa shape index (κ1) is 22.1. The molecular weight excluding hydrogens is 384 g/mol. The van der Waals surface area contributed by atoms with Crippen molar-refractivity contribution >= 4 is 28.9 Å². The summed E-state index contributed by atoms with van der Waals surface area (Å²) in [6, 6.07) is -0.816. The average molecular weight is 410 g/mol. The van der Waals surface area contributed by atoms with Crippen LogP contribution in [0.5, 0.6) is 6.01 Å². The molecule has 0 aromatic carbocycles. The molecule has 0 fully saturated rings. The van der Waals surface area contributed by atoms with E-state index in [1.165, 1.54) is 18.8 Å². The number of carbonyl (C=O) groups is 2. The van der Waals surface area contributed by atoms with Gasteiger partial charge < -0.3 is 30.2 Å². The number of aromatic nitrogens is 4. The minimum atomic E-state index is -0.902. The molecule has 0 saturated heterocycles. The summed E-state index contributed by atoms with van der Waals surface area (Å²) >= 11 is 0. The molecule has 2 aromatic rings. The highest BCUT2D eigenvalue weighted by atomic mass is 16.5. The van der Waals surface area contributed by atoms with Crippen LogP contribution in [0.4, 0.5) is 5.82 Å². The van der Waals surface area contributed by atoms with Gasteiger partial charge in [0.2, 0.25) is 0 Å². The third kappa shape index (κ3) is 5.67. The van der Waals surface area contributed by atoms with Gasteiger partial charge in [-0.3, -0.25) is 14.2 Å². The van der Waals surface area contributed by atoms with Gasteiger partial charge in [0, 0.05) is 13.1 Å². The number of hydrogen-bond acceptors (Lipinski definition) is 10. The van der Waals surface area contributed by atoms with Gasteiger partial charge in [-0.1, -0.05) is 13.3 Å². The van der Waals surface area contributed by atoms with E-state index in [2.05, 4.69) is 29.7 Å². The van der Waals surface area contributed by atoms with Crippen LogP contribution in [-0.2, 0) is 25.6 Å². The van der Waals surface area contributed by atoms with Crippen molar-refractivity contribution in [3.8, 4) is 6.01 Å². The summed E-state index contributed by atoms with van der Waals surface area (Å²) in [7, 11) is 2.45. The van der Waals surface area contributed by atoms with Crippen LogP contribution < -0.4 is 21.5 Å². The molecule has 0 unspecified atom stereocenters. The molecule has 0 spiro atoms. The van der Waals surface area contributed by atoms with E-state index in [1.54, 1.807) is 0 Å². The van der Waals surface area contributed by atoms with E-state index in [0.717, 1.165) is 12.8 Å². The van der Waals surface area contributed by atoms with Crippen LogP contribution in [0.15, 0.2) is 4.79 Å². The maximum Gasteiger partial charge on any atom is 0.327 e. The van der Waals surface area contributed by atoms with Crippen molar-refractivity contribution in [1.29, 1.82) is 0 Å². The third-order valence-corrected chi connectivity index (χ3v) is 4.17. The average Bonchev–Trinajstić information content (AvgIpc) is 3.02. The van der Waals surface area contributed by atoms with Gasteiger partial charge in [-0.05, 0) is 6.42 Å². The Bertz CT molecular complexity index is 908. The van der Waals surface area contributed by atoms with E-state index in [0.29, 0.717) is 17.8 Å². The van der Waals surface area contributed by atoms with Crippen LogP contribution >= 0.6 is 0 Å². The number of nitrogens with one attached hydrogen (secondary N) is 2. The number of unbranched alkanes of at least 4 members (excludes halogenated alkanes) is 1. The highest BCUT2D eigenvalue weighted by Crippen LogP contribution is 2.17. The van der Waals surface area contributed by atoms with E-state index in [1.807, 2.05) is 6.92 Å². The topological polar surface area (TPSA) is 163 Å². The van der Waals surface area contributed by atoms with Crippen LogP contribution in [0.3, 0.4) is 0 Å². The van der Waals surface area contributed by atoms with Crippen molar-refractivity contribution in [2.75, 3.05) is 33.1 Å². The zero-order valence-electron chi connectivity index (χ0n) is 16.7. The second-order valence-corrected chi connectivity index (χ2v) is 6.18. The maximum atomic E-state index is 12.3. The van der Waals surface area contributed by atoms with Gasteiger partial charge in [0.15, 0.2) is 11.5 Å². The fourth-order valence-electron chi connectivity index (χ4n) is 2.59. The summed E-state index contributed by atoms with van der Waals surface area (Å²) in [5.74, 6) is -1.07. The van der Waals surface area contributed by atoms with Gasteiger partial charge in [0.25, 0.3) is 0 Å². The first-order valence-corrected chi connectivity index (χ1v) is 9.18. The fraction of sp³-hybridized carbons (Fsp3) is 0.588. The lowest BCUT2D eigenvalue weighted by atomic mass is 10.2. The quantitative estimate of drug-likeness (QED) is 0.327. The Labute approximate surface area is 166 Å². The van der Waals surface area contributed by atoms with Crippen molar-refractivity contribution in [2.45, 2.75) is 38.8 Å². The summed E-state index contributed by atoms with van der Waals surface area (Å²) in [6.07, 6.45) is 1.59. The monoisotopic (exact) mass is 410 g/mol. The molecule has 0 aliphatic rings. The van der Waals surface area contributed by atoms with Crippen molar-refractivity contribution in [3.05, 3.63) is 10.5 Å². The van der Waals surface area contributed by atoms with E-state index in [-0.39, 0.29) is 31.3 Å². The van der Waals surface area contributed by atoms with Gasteiger partial charge in [-0.25, -0.2) is 4.79 Å². The predicted octanol–water partition coefficient (Wildman–Crippen LogP) is -0.425. The fourth-order valence-corrected chi connectivity index (χ4v) is 2.59. The third-order valence-electron chi connectivity index (χ3n) is 4.17. The molecule has 2 rings (SSSR count). The number of H-pyrrole nitrogens is 1. The largest absolute Gasteiger partial charge is 0.469 e. The van der Waals surface area contributed by atoms with Gasteiger partial charge in [-0.15, -0.1) is 0 Å². The molecule has 160 valence electrons. The number of nitrogen functional groups attached to an aromatic ring is 1. The van der Waals surface area contributed by atoms with Crippen LogP contribution in [-0.4, -0.2) is 64.9 Å². The minimum Gasteiger partial charge on any atom is -0.469 e. The molecule has 0 aliphatic heterocycles. The standard InChI is InChI=1S/C17H26N6O6/c1-4-5-8-29-16-21-13(18)12-14(22-16)23(17(26)20-12)7-6-19-10(15(25)28-3)9-11(24)27-2/h10,19H,4-9H2,1-3H3,(H,20,26)(H2,18,21,22)/t10-/m0/s1. The number of fused-ring (bicyclic) bond motifs is 1. The van der Waals surface area contributed by atoms with Crippen LogP contribution in [0.25, 0.3) is 11.2 Å². The van der Waals surface area contributed by atoms with E-state index in [9.17, 15) is 14.4 Å². The summed E-state index contributed by atoms with van der Waals surface area (Å²) in [5.41, 5.74) is 6.06. The van der Waals surface area contributed by atoms with Crippen molar-refractivity contribution in [2.24, 2.45) is 0 Å². The Hall–Kier alpha value is -3.15. The SMILES string of the molecule is CCCCOc1nc(N)c2[nH]c(=O)n(CCN[C@@H](CC(=O)OC)C(=O)OC)c2n1. The zero-order valence-corrected chi connectivity index (χ0v) is 16.7. The van der Waals surface area contributed by atoms with Crippen LogP contribution in [0, 0.1) is 0 Å². The number of nitrogens with two attached hydrogens (primary N) is 1. The molecule has 0 radical (unpaired) electrons. The van der Waals surface area contributed by atoms with Gasteiger partial charge in [0.1, 0.15) is 11.6 Å². The molecule has 29 heavy (non-hydrogen) atoms. The number of carbonyl (C=O) groups excluding carboxylic acids is 2. The summed E-state index contributed by atoms with van der Waals surface area (Å²) < 4.78 is 16.1. The highest BCUT2D eigenvalue weighted by Gasteiger charge is 2.23. The molecule has 1 atom stereocenters. The number of imidazole rings is 1. The van der Waals surface area contributed by atoms with Gasteiger partial charge >= 0.3 is 23.6 Å². The van der Waals surface area contributed by atoms with Crippen molar-refractivity contribution < 1.29 is 23.8 Å². The Morgan fingerprint density at radius 1 is 1.28 bits per heavy atom. The van der Waals surface area contributed by atoms with Gasteiger partial charge in [0.05, 0.1) is 27.2 Å². The van der Waals surface area contributed by atoms with Crippen molar-refractivity contribution in [3.63, 3.8) is 0 Å². The number of ether oxygens (including phenoxy) is 3. The molecule has 0 bridgehead atoms. The number of hydrogen-bond donors (Lipinski definition) is 3. The van der Waals surface area contributed by atoms with E-state index in [4.69, 9.17) is 10.5 Å². The van der Waals surface area contributed by atoms with E-state index >= 15 is 0 Å². The zero-order chi connectivity index (χ0) is 21.4. The summed E-state index contributed by atoms with van der Waals surface area (Å²) in [5, 5.41) is 2.88.